The third-order valence-corrected chi connectivity index (χ3v) is 4.34. The third-order valence-electron chi connectivity index (χ3n) is 4.34. The molecule has 1 fully saturated rings. The average Bonchev–Trinajstić information content (AvgIpc) is 3.05. The van der Waals surface area contributed by atoms with Crippen molar-refractivity contribution in [1.82, 2.24) is 10.6 Å². The Morgan fingerprint density at radius 3 is 2.43 bits per heavy atom. The van der Waals surface area contributed by atoms with E-state index in [0.29, 0.717) is 30.0 Å². The van der Waals surface area contributed by atoms with Gasteiger partial charge in [-0.15, -0.1) is 0 Å². The van der Waals surface area contributed by atoms with E-state index in [4.69, 9.17) is 4.74 Å². The molecule has 4 amide bonds. The van der Waals surface area contributed by atoms with Crippen molar-refractivity contribution in [3.63, 3.8) is 0 Å². The van der Waals surface area contributed by atoms with Crippen LogP contribution in [-0.2, 0) is 19.1 Å². The van der Waals surface area contributed by atoms with E-state index < -0.39 is 35.5 Å². The average molecular weight is 420 g/mol. The molecule has 30 heavy (non-hydrogen) atoms. The largest absolute Gasteiger partial charge is 0.458 e. The zero-order chi connectivity index (χ0) is 22.7. The number of carbonyl (C=O) groups excluding carboxylic acids is 4. The lowest BCUT2D eigenvalue weighted by Gasteiger charge is -2.27. The Morgan fingerprint density at radius 1 is 1.20 bits per heavy atom. The summed E-state index contributed by atoms with van der Waals surface area (Å²) in [6.07, 6.45) is 0. The minimum absolute atomic E-state index is 0.233. The maximum atomic E-state index is 12.3. The van der Waals surface area contributed by atoms with Gasteiger partial charge in [-0.3, -0.25) is 14.5 Å². The van der Waals surface area contributed by atoms with E-state index in [1.807, 2.05) is 0 Å². The van der Waals surface area contributed by atoms with Gasteiger partial charge in [0.05, 0.1) is 12.2 Å². The first-order valence-electron chi connectivity index (χ1n) is 9.52. The zero-order valence-corrected chi connectivity index (χ0v) is 17.8. The van der Waals surface area contributed by atoms with Crippen molar-refractivity contribution in [2.75, 3.05) is 29.9 Å². The molecule has 0 radical (unpaired) electrons. The Morgan fingerprint density at radius 2 is 1.87 bits per heavy atom. The number of nitrogens with one attached hydrogen (secondary N) is 3. The summed E-state index contributed by atoms with van der Waals surface area (Å²) in [5.74, 6) is -2.91. The standard InChI is InChI=1S/C20H28N4O6/c1-12-13(7-6-8-14(12)24-10-9-21-18(24)28)23-16(26)15(25)22-11-20(5,29)17(27)30-19(2,3)4/h6-8,29H,9-11H2,1-5H3,(H,21,28)(H,22,25)(H,23,26). The molecule has 10 nitrogen and oxygen atoms in total. The number of hydrogen-bond donors (Lipinski definition) is 4. The van der Waals surface area contributed by atoms with Crippen LogP contribution in [0.4, 0.5) is 16.2 Å². The van der Waals surface area contributed by atoms with Crippen LogP contribution < -0.4 is 20.9 Å². The predicted molar refractivity (Wildman–Crippen MR) is 110 cm³/mol. The summed E-state index contributed by atoms with van der Waals surface area (Å²) in [6.45, 7) is 8.38. The zero-order valence-electron chi connectivity index (χ0n) is 17.8. The van der Waals surface area contributed by atoms with Crippen LogP contribution in [0.25, 0.3) is 0 Å². The Bertz CT molecular complexity index is 859. The number of carbonyl (C=O) groups is 4. The van der Waals surface area contributed by atoms with Gasteiger partial charge in [0.2, 0.25) is 0 Å². The summed E-state index contributed by atoms with van der Waals surface area (Å²) in [4.78, 5) is 49.9. The molecule has 0 aliphatic carbocycles. The normalized spacial score (nSPS) is 15.8. The fraction of sp³-hybridized carbons (Fsp3) is 0.500. The number of esters is 1. The molecule has 1 aromatic carbocycles. The highest BCUT2D eigenvalue weighted by Crippen LogP contribution is 2.27. The van der Waals surface area contributed by atoms with Crippen LogP contribution in [0.2, 0.25) is 0 Å². The van der Waals surface area contributed by atoms with Crippen molar-refractivity contribution >= 4 is 35.2 Å². The van der Waals surface area contributed by atoms with E-state index in [0.717, 1.165) is 0 Å². The molecule has 10 heteroatoms. The van der Waals surface area contributed by atoms with Gasteiger partial charge in [0.1, 0.15) is 5.60 Å². The molecule has 164 valence electrons. The first-order valence-corrected chi connectivity index (χ1v) is 9.52. The van der Waals surface area contributed by atoms with Crippen LogP contribution in [0.3, 0.4) is 0 Å². The van der Waals surface area contributed by atoms with E-state index in [9.17, 15) is 24.3 Å². The Labute approximate surface area is 174 Å². The van der Waals surface area contributed by atoms with E-state index in [-0.39, 0.29) is 6.03 Å². The Balaban J connectivity index is 2.00. The number of ether oxygens (including phenoxy) is 1. The fourth-order valence-electron chi connectivity index (χ4n) is 2.72. The minimum Gasteiger partial charge on any atom is -0.458 e. The van der Waals surface area contributed by atoms with Gasteiger partial charge in [-0.2, -0.15) is 0 Å². The van der Waals surface area contributed by atoms with Gasteiger partial charge in [-0.25, -0.2) is 9.59 Å². The van der Waals surface area contributed by atoms with E-state index in [2.05, 4.69) is 16.0 Å². The molecule has 2 rings (SSSR count). The molecule has 4 N–H and O–H groups in total. The van der Waals surface area contributed by atoms with Crippen molar-refractivity contribution in [1.29, 1.82) is 0 Å². The Kier molecular flexibility index (Phi) is 6.71. The Hall–Kier alpha value is -3.14. The van der Waals surface area contributed by atoms with Crippen LogP contribution >= 0.6 is 0 Å². The maximum absolute atomic E-state index is 12.3. The first kappa shape index (κ1) is 23.1. The number of hydrogen-bond acceptors (Lipinski definition) is 6. The molecule has 0 aromatic heterocycles. The molecule has 1 heterocycles. The second-order valence-corrected chi connectivity index (χ2v) is 8.25. The second kappa shape index (κ2) is 8.70. The fourth-order valence-corrected chi connectivity index (χ4v) is 2.72. The van der Waals surface area contributed by atoms with Gasteiger partial charge in [0, 0.05) is 18.8 Å². The second-order valence-electron chi connectivity index (χ2n) is 8.25. The minimum atomic E-state index is -2.00. The monoisotopic (exact) mass is 420 g/mol. The summed E-state index contributed by atoms with van der Waals surface area (Å²) in [5, 5.41) is 17.6. The molecule has 0 spiro atoms. The number of anilines is 2. The van der Waals surface area contributed by atoms with Crippen molar-refractivity contribution in [2.24, 2.45) is 0 Å². The third kappa shape index (κ3) is 5.69. The molecule has 1 atom stereocenters. The number of benzene rings is 1. The topological polar surface area (TPSA) is 137 Å². The van der Waals surface area contributed by atoms with Gasteiger partial charge in [0.25, 0.3) is 0 Å². The van der Waals surface area contributed by atoms with Crippen LogP contribution in [0.15, 0.2) is 18.2 Å². The molecular weight excluding hydrogens is 392 g/mol. The number of amides is 4. The van der Waals surface area contributed by atoms with Crippen molar-refractivity contribution in [2.45, 2.75) is 45.8 Å². The summed E-state index contributed by atoms with van der Waals surface area (Å²) in [7, 11) is 0. The van der Waals surface area contributed by atoms with Gasteiger partial charge >= 0.3 is 23.8 Å². The van der Waals surface area contributed by atoms with Gasteiger partial charge in [-0.05, 0) is 52.3 Å². The first-order chi connectivity index (χ1) is 13.8. The molecule has 1 aromatic rings. The molecule has 0 saturated carbocycles. The lowest BCUT2D eigenvalue weighted by molar-refractivity contribution is -0.175. The quantitative estimate of drug-likeness (QED) is 0.408. The van der Waals surface area contributed by atoms with Gasteiger partial charge in [-0.1, -0.05) is 6.07 Å². The highest BCUT2D eigenvalue weighted by atomic mass is 16.6. The summed E-state index contributed by atoms with van der Waals surface area (Å²) in [5.41, 5.74) is -1.20. The van der Waals surface area contributed by atoms with Crippen LogP contribution in [0.5, 0.6) is 0 Å². The predicted octanol–water partition coefficient (Wildman–Crippen LogP) is 0.672. The maximum Gasteiger partial charge on any atom is 0.340 e. The molecule has 1 aliphatic heterocycles. The highest BCUT2D eigenvalue weighted by molar-refractivity contribution is 6.39. The molecule has 1 aliphatic rings. The van der Waals surface area contributed by atoms with Crippen LogP contribution in [0, 0.1) is 6.92 Å². The summed E-state index contributed by atoms with van der Waals surface area (Å²) < 4.78 is 5.10. The van der Waals surface area contributed by atoms with E-state index in [1.54, 1.807) is 50.8 Å². The van der Waals surface area contributed by atoms with Gasteiger partial charge in [0.15, 0.2) is 5.60 Å². The van der Waals surface area contributed by atoms with Gasteiger partial charge < -0.3 is 25.8 Å². The lowest BCUT2D eigenvalue weighted by atomic mass is 10.1. The summed E-state index contributed by atoms with van der Waals surface area (Å²) >= 11 is 0. The number of nitrogens with zero attached hydrogens (tertiary/aromatic N) is 1. The lowest BCUT2D eigenvalue weighted by Crippen LogP contribution is -2.51. The molecule has 1 unspecified atom stereocenters. The molecular formula is C20H28N4O6. The van der Waals surface area contributed by atoms with E-state index in [1.165, 1.54) is 6.92 Å². The highest BCUT2D eigenvalue weighted by Gasteiger charge is 2.36. The van der Waals surface area contributed by atoms with E-state index >= 15 is 0 Å². The van der Waals surface area contributed by atoms with Crippen LogP contribution in [-0.4, -0.2) is 59.8 Å². The SMILES string of the molecule is Cc1c(NC(=O)C(=O)NCC(C)(O)C(=O)OC(C)(C)C)cccc1N1CCNC1=O. The number of urea groups is 1. The molecule has 0 bridgehead atoms. The number of rotatable bonds is 5. The smallest absolute Gasteiger partial charge is 0.340 e. The van der Waals surface area contributed by atoms with Crippen molar-refractivity contribution in [3.05, 3.63) is 23.8 Å². The van der Waals surface area contributed by atoms with Crippen molar-refractivity contribution < 1.29 is 29.0 Å². The number of aliphatic hydroxyl groups is 1. The van der Waals surface area contributed by atoms with Crippen LogP contribution in [0.1, 0.15) is 33.3 Å². The molecule has 1 saturated heterocycles. The van der Waals surface area contributed by atoms with Crippen molar-refractivity contribution in [3.8, 4) is 0 Å². The summed E-state index contributed by atoms with van der Waals surface area (Å²) in [6, 6.07) is 4.78.